The van der Waals surface area contributed by atoms with Crippen molar-refractivity contribution in [1.29, 1.82) is 0 Å². The Hall–Kier alpha value is -8.14. The summed E-state index contributed by atoms with van der Waals surface area (Å²) in [5.41, 5.74) is 15.8. The fourth-order valence-electron chi connectivity index (χ4n) is 9.26. The van der Waals surface area contributed by atoms with Gasteiger partial charge < -0.3 is 13.7 Å². The molecule has 0 saturated heterocycles. The van der Waals surface area contributed by atoms with Crippen molar-refractivity contribution in [2.75, 3.05) is 4.90 Å². The van der Waals surface area contributed by atoms with Crippen molar-refractivity contribution in [3.05, 3.63) is 224 Å². The molecular weight excluding hydrogens is 743 g/mol. The van der Waals surface area contributed by atoms with Crippen LogP contribution < -0.4 is 4.90 Å². The van der Waals surface area contributed by atoms with Gasteiger partial charge in [-0.05, 0) is 98.8 Å². The van der Waals surface area contributed by atoms with Gasteiger partial charge in [0.1, 0.15) is 22.3 Å². The number of rotatable bonds is 7. The standard InChI is InChI=1S/C58H37NO2/c1-2-15-38(16-3-1)45-26-12-17-39-18-13-28-50(57(39)45)47-23-4-7-30-53(47)59(43-21-10-19-40(35-43)41-33-34-56-52(37-41)49-25-6-8-31-54(49)60-56)44-22-11-20-42(36-44)46-27-14-29-51-48-24-5-9-32-55(48)61-58(46)51/h1-37H. The van der Waals surface area contributed by atoms with Crippen LogP contribution in [0.25, 0.3) is 99.2 Å². The maximum Gasteiger partial charge on any atom is 0.143 e. The minimum atomic E-state index is 0.887. The quantitative estimate of drug-likeness (QED) is 0.161. The smallest absolute Gasteiger partial charge is 0.143 e. The number of hydrogen-bond donors (Lipinski definition) is 0. The van der Waals surface area contributed by atoms with E-state index in [1.165, 1.54) is 27.5 Å². The van der Waals surface area contributed by atoms with Gasteiger partial charge in [-0.1, -0.05) is 170 Å². The van der Waals surface area contributed by atoms with Crippen LogP contribution in [0.3, 0.4) is 0 Å². The van der Waals surface area contributed by atoms with E-state index in [2.05, 4.69) is 205 Å². The topological polar surface area (TPSA) is 29.5 Å². The summed E-state index contributed by atoms with van der Waals surface area (Å²) in [6.07, 6.45) is 0. The van der Waals surface area contributed by atoms with Crippen LogP contribution in [-0.2, 0) is 0 Å². The van der Waals surface area contributed by atoms with E-state index in [1.54, 1.807) is 0 Å². The molecule has 2 heterocycles. The zero-order valence-corrected chi connectivity index (χ0v) is 33.1. The van der Waals surface area contributed by atoms with Gasteiger partial charge in [-0.3, -0.25) is 0 Å². The molecule has 61 heavy (non-hydrogen) atoms. The molecule has 12 aromatic rings. The van der Waals surface area contributed by atoms with E-state index in [-0.39, 0.29) is 0 Å². The summed E-state index contributed by atoms with van der Waals surface area (Å²) < 4.78 is 12.8. The molecule has 3 heteroatoms. The molecule has 0 unspecified atom stereocenters. The lowest BCUT2D eigenvalue weighted by atomic mass is 9.90. The predicted octanol–water partition coefficient (Wildman–Crippen LogP) is 16.8. The Labute approximate surface area is 353 Å². The summed E-state index contributed by atoms with van der Waals surface area (Å²) >= 11 is 0. The molecule has 286 valence electrons. The molecule has 0 saturated carbocycles. The molecule has 0 spiro atoms. The first-order chi connectivity index (χ1) is 30.2. The molecule has 0 N–H and O–H groups in total. The number of fused-ring (bicyclic) bond motifs is 7. The van der Waals surface area contributed by atoms with Gasteiger partial charge in [0.05, 0.1) is 5.69 Å². The van der Waals surface area contributed by atoms with Crippen molar-refractivity contribution >= 4 is 71.7 Å². The van der Waals surface area contributed by atoms with Crippen molar-refractivity contribution in [2.45, 2.75) is 0 Å². The molecule has 10 aromatic carbocycles. The zero-order valence-electron chi connectivity index (χ0n) is 33.1. The lowest BCUT2D eigenvalue weighted by Gasteiger charge is -2.29. The predicted molar refractivity (Wildman–Crippen MR) is 255 cm³/mol. The number of furan rings is 2. The van der Waals surface area contributed by atoms with Crippen LogP contribution in [0.4, 0.5) is 17.1 Å². The van der Waals surface area contributed by atoms with Crippen molar-refractivity contribution < 1.29 is 8.83 Å². The first-order valence-corrected chi connectivity index (χ1v) is 20.7. The highest BCUT2D eigenvalue weighted by atomic mass is 16.3. The number of nitrogens with zero attached hydrogens (tertiary/aromatic N) is 1. The molecule has 0 radical (unpaired) electrons. The van der Waals surface area contributed by atoms with Gasteiger partial charge in [0.15, 0.2) is 0 Å². The number of para-hydroxylation sites is 4. The molecular formula is C58H37NO2. The van der Waals surface area contributed by atoms with Gasteiger partial charge in [0.25, 0.3) is 0 Å². The zero-order chi connectivity index (χ0) is 40.3. The van der Waals surface area contributed by atoms with Crippen LogP contribution in [0.5, 0.6) is 0 Å². The van der Waals surface area contributed by atoms with E-state index in [9.17, 15) is 0 Å². The Morgan fingerprint density at radius 3 is 1.66 bits per heavy atom. The van der Waals surface area contributed by atoms with E-state index in [0.717, 1.165) is 88.8 Å². The average molecular weight is 780 g/mol. The van der Waals surface area contributed by atoms with Gasteiger partial charge in [-0.15, -0.1) is 0 Å². The fourth-order valence-corrected chi connectivity index (χ4v) is 9.26. The highest BCUT2D eigenvalue weighted by molar-refractivity contribution is 6.11. The van der Waals surface area contributed by atoms with Gasteiger partial charge >= 0.3 is 0 Å². The summed E-state index contributed by atoms with van der Waals surface area (Å²) in [5.74, 6) is 0. The second-order valence-electron chi connectivity index (χ2n) is 15.6. The average Bonchev–Trinajstić information content (AvgIpc) is 3.90. The fraction of sp³-hybridized carbons (Fsp3) is 0. The van der Waals surface area contributed by atoms with Crippen molar-refractivity contribution in [3.8, 4) is 44.5 Å². The van der Waals surface area contributed by atoms with Crippen LogP contribution in [0.15, 0.2) is 233 Å². The van der Waals surface area contributed by atoms with Crippen molar-refractivity contribution in [3.63, 3.8) is 0 Å². The molecule has 0 atom stereocenters. The van der Waals surface area contributed by atoms with Gasteiger partial charge in [0.2, 0.25) is 0 Å². The highest BCUT2D eigenvalue weighted by Gasteiger charge is 2.22. The SMILES string of the molecule is c1ccc(-c2cccc3cccc(-c4ccccc4N(c4cccc(-c5ccc6oc7ccccc7c6c5)c4)c4cccc(-c5cccc6c5oc5ccccc56)c4)c23)cc1. The first-order valence-electron chi connectivity index (χ1n) is 20.7. The molecule has 0 amide bonds. The van der Waals surface area contributed by atoms with E-state index >= 15 is 0 Å². The second kappa shape index (κ2) is 14.3. The van der Waals surface area contributed by atoms with E-state index in [0.29, 0.717) is 0 Å². The van der Waals surface area contributed by atoms with E-state index in [4.69, 9.17) is 8.83 Å². The van der Waals surface area contributed by atoms with Crippen LogP contribution in [0.2, 0.25) is 0 Å². The summed E-state index contributed by atoms with van der Waals surface area (Å²) in [4.78, 5) is 2.41. The summed E-state index contributed by atoms with van der Waals surface area (Å²) in [6, 6.07) is 80.1. The van der Waals surface area contributed by atoms with Gasteiger partial charge in [-0.2, -0.15) is 0 Å². The van der Waals surface area contributed by atoms with Gasteiger partial charge in [0, 0.05) is 44.0 Å². The summed E-state index contributed by atoms with van der Waals surface area (Å²) in [6.45, 7) is 0. The Balaban J connectivity index is 1.08. The largest absolute Gasteiger partial charge is 0.456 e. The molecule has 0 aliphatic heterocycles. The van der Waals surface area contributed by atoms with Crippen LogP contribution in [-0.4, -0.2) is 0 Å². The van der Waals surface area contributed by atoms with Crippen LogP contribution in [0, 0.1) is 0 Å². The monoisotopic (exact) mass is 779 g/mol. The van der Waals surface area contributed by atoms with Crippen LogP contribution in [0.1, 0.15) is 0 Å². The minimum Gasteiger partial charge on any atom is -0.456 e. The third-order valence-electron chi connectivity index (χ3n) is 12.1. The Morgan fingerprint density at radius 1 is 0.295 bits per heavy atom. The van der Waals surface area contributed by atoms with E-state index < -0.39 is 0 Å². The second-order valence-corrected chi connectivity index (χ2v) is 15.6. The Morgan fingerprint density at radius 2 is 0.836 bits per heavy atom. The van der Waals surface area contributed by atoms with Crippen molar-refractivity contribution in [2.24, 2.45) is 0 Å². The minimum absolute atomic E-state index is 0.887. The molecule has 2 aromatic heterocycles. The normalized spacial score (nSPS) is 11.6. The maximum atomic E-state index is 6.57. The lowest BCUT2D eigenvalue weighted by Crippen LogP contribution is -2.11. The molecule has 0 aliphatic rings. The summed E-state index contributed by atoms with van der Waals surface area (Å²) in [5, 5.41) is 6.88. The number of hydrogen-bond acceptors (Lipinski definition) is 3. The Bertz CT molecular complexity index is 3610. The summed E-state index contributed by atoms with van der Waals surface area (Å²) in [7, 11) is 0. The molecule has 0 bridgehead atoms. The van der Waals surface area contributed by atoms with E-state index in [1.807, 2.05) is 24.3 Å². The third kappa shape index (κ3) is 5.90. The highest BCUT2D eigenvalue weighted by Crippen LogP contribution is 2.47. The first kappa shape index (κ1) is 34.9. The lowest BCUT2D eigenvalue weighted by molar-refractivity contribution is 0.669. The third-order valence-corrected chi connectivity index (χ3v) is 12.1. The van der Waals surface area contributed by atoms with Crippen LogP contribution >= 0.6 is 0 Å². The molecule has 12 rings (SSSR count). The van der Waals surface area contributed by atoms with Gasteiger partial charge in [-0.25, -0.2) is 0 Å². The molecule has 0 aliphatic carbocycles. The maximum absolute atomic E-state index is 6.57. The molecule has 0 fully saturated rings. The number of anilines is 3. The Kier molecular flexibility index (Phi) is 8.17. The molecule has 3 nitrogen and oxygen atoms in total. The number of benzene rings is 10. The van der Waals surface area contributed by atoms with Crippen molar-refractivity contribution in [1.82, 2.24) is 0 Å².